The number of amides is 2. The summed E-state index contributed by atoms with van der Waals surface area (Å²) < 4.78 is 25.2. The molecule has 0 atom stereocenters. The van der Waals surface area contributed by atoms with Crippen LogP contribution >= 0.6 is 0 Å². The molecule has 0 spiro atoms. The average Bonchev–Trinajstić information content (AvgIpc) is 3.19. The number of nitrogens with one attached hydrogen (secondary N) is 2. The SMILES string of the molecule is COc1ccc(C(=O)NCC(=O)Nc2ccn(-c3ncccc3F)n2)cc1OC. The minimum absolute atomic E-state index is 0.00903. The van der Waals surface area contributed by atoms with Crippen LogP contribution in [0.5, 0.6) is 11.5 Å². The van der Waals surface area contributed by atoms with Gasteiger partial charge in [0, 0.05) is 24.0 Å². The molecule has 0 radical (unpaired) electrons. The lowest BCUT2D eigenvalue weighted by molar-refractivity contribution is -0.115. The maximum absolute atomic E-state index is 13.7. The molecular weight excluding hydrogens is 381 g/mol. The fraction of sp³-hybridized carbons (Fsp3) is 0.158. The number of rotatable bonds is 7. The maximum Gasteiger partial charge on any atom is 0.251 e. The number of hydrogen-bond donors (Lipinski definition) is 2. The number of hydrogen-bond acceptors (Lipinski definition) is 6. The second kappa shape index (κ2) is 8.83. The molecule has 2 heterocycles. The second-order valence-corrected chi connectivity index (χ2v) is 5.75. The highest BCUT2D eigenvalue weighted by molar-refractivity contribution is 5.99. The number of benzene rings is 1. The van der Waals surface area contributed by atoms with Gasteiger partial charge in [0.15, 0.2) is 29.0 Å². The predicted molar refractivity (Wildman–Crippen MR) is 102 cm³/mol. The largest absolute Gasteiger partial charge is 0.493 e. The van der Waals surface area contributed by atoms with E-state index in [2.05, 4.69) is 20.7 Å². The van der Waals surface area contributed by atoms with Crippen molar-refractivity contribution in [2.24, 2.45) is 0 Å². The van der Waals surface area contributed by atoms with Crippen molar-refractivity contribution in [2.45, 2.75) is 0 Å². The molecule has 10 heteroatoms. The Hall–Kier alpha value is -3.95. The summed E-state index contributed by atoms with van der Waals surface area (Å²) in [7, 11) is 2.95. The van der Waals surface area contributed by atoms with E-state index in [9.17, 15) is 14.0 Å². The third-order valence-electron chi connectivity index (χ3n) is 3.87. The van der Waals surface area contributed by atoms with Gasteiger partial charge in [-0.05, 0) is 30.3 Å². The first kappa shape index (κ1) is 19.8. The van der Waals surface area contributed by atoms with Crippen LogP contribution < -0.4 is 20.1 Å². The van der Waals surface area contributed by atoms with E-state index in [1.807, 2.05) is 0 Å². The maximum atomic E-state index is 13.7. The lowest BCUT2D eigenvalue weighted by atomic mass is 10.2. The van der Waals surface area contributed by atoms with Crippen molar-refractivity contribution in [3.8, 4) is 17.3 Å². The molecule has 2 amide bonds. The zero-order valence-electron chi connectivity index (χ0n) is 15.7. The summed E-state index contributed by atoms with van der Waals surface area (Å²) in [5, 5.41) is 9.07. The Balaban J connectivity index is 1.58. The van der Waals surface area contributed by atoms with E-state index in [0.29, 0.717) is 17.1 Å². The number of halogens is 1. The van der Waals surface area contributed by atoms with Crippen LogP contribution in [0.15, 0.2) is 48.8 Å². The number of anilines is 1. The standard InChI is InChI=1S/C19H18FN5O4/c1-28-14-6-5-12(10-15(14)29-2)19(27)22-11-17(26)23-16-7-9-25(24-16)18-13(20)4-3-8-21-18/h3-10H,11H2,1-2H3,(H,22,27)(H,23,24,26). The van der Waals surface area contributed by atoms with Crippen molar-refractivity contribution in [3.05, 3.63) is 60.2 Å². The lowest BCUT2D eigenvalue weighted by Crippen LogP contribution is -2.33. The van der Waals surface area contributed by atoms with Crippen LogP contribution in [0.1, 0.15) is 10.4 Å². The molecule has 0 saturated carbocycles. The number of aromatic nitrogens is 3. The van der Waals surface area contributed by atoms with Gasteiger partial charge in [-0.15, -0.1) is 5.10 Å². The number of carbonyl (C=O) groups excluding carboxylic acids is 2. The van der Waals surface area contributed by atoms with Gasteiger partial charge in [0.2, 0.25) is 5.91 Å². The van der Waals surface area contributed by atoms with Gasteiger partial charge in [0.1, 0.15) is 0 Å². The van der Waals surface area contributed by atoms with Gasteiger partial charge < -0.3 is 20.1 Å². The monoisotopic (exact) mass is 399 g/mol. The summed E-state index contributed by atoms with van der Waals surface area (Å²) in [4.78, 5) is 28.2. The molecule has 150 valence electrons. The minimum Gasteiger partial charge on any atom is -0.493 e. The zero-order valence-corrected chi connectivity index (χ0v) is 15.7. The van der Waals surface area contributed by atoms with Crippen LogP contribution in [0, 0.1) is 5.82 Å². The molecule has 2 aromatic heterocycles. The molecule has 0 aliphatic heterocycles. The fourth-order valence-electron chi connectivity index (χ4n) is 2.48. The molecule has 3 aromatic rings. The Labute approximate surface area is 165 Å². The Kier molecular flexibility index (Phi) is 6.03. The molecule has 0 aliphatic carbocycles. The molecule has 0 aliphatic rings. The highest BCUT2D eigenvalue weighted by Gasteiger charge is 2.13. The van der Waals surface area contributed by atoms with Crippen molar-refractivity contribution in [1.82, 2.24) is 20.1 Å². The van der Waals surface area contributed by atoms with Crippen LogP contribution in [-0.2, 0) is 4.79 Å². The second-order valence-electron chi connectivity index (χ2n) is 5.75. The molecule has 2 N–H and O–H groups in total. The number of ether oxygens (including phenoxy) is 2. The van der Waals surface area contributed by atoms with Crippen molar-refractivity contribution >= 4 is 17.6 Å². The lowest BCUT2D eigenvalue weighted by Gasteiger charge is -2.10. The first-order valence-corrected chi connectivity index (χ1v) is 8.48. The first-order valence-electron chi connectivity index (χ1n) is 8.48. The number of nitrogens with zero attached hydrogens (tertiary/aromatic N) is 3. The van der Waals surface area contributed by atoms with Gasteiger partial charge in [0.25, 0.3) is 5.91 Å². The Morgan fingerprint density at radius 2 is 1.93 bits per heavy atom. The average molecular weight is 399 g/mol. The summed E-state index contributed by atoms with van der Waals surface area (Å²) in [6.45, 7) is -0.280. The van der Waals surface area contributed by atoms with Crippen LogP contribution in [0.2, 0.25) is 0 Å². The highest BCUT2D eigenvalue weighted by atomic mass is 19.1. The number of methoxy groups -OCH3 is 2. The van der Waals surface area contributed by atoms with Crippen molar-refractivity contribution in [3.63, 3.8) is 0 Å². The Bertz CT molecular complexity index is 1040. The van der Waals surface area contributed by atoms with Crippen LogP contribution in [-0.4, -0.2) is 47.3 Å². The molecule has 1 aromatic carbocycles. The smallest absolute Gasteiger partial charge is 0.251 e. The molecular formula is C19H18FN5O4. The van der Waals surface area contributed by atoms with E-state index in [4.69, 9.17) is 9.47 Å². The molecule has 0 saturated heterocycles. The summed E-state index contributed by atoms with van der Waals surface area (Å²) in [6, 6.07) is 8.87. The van der Waals surface area contributed by atoms with Crippen LogP contribution in [0.4, 0.5) is 10.2 Å². The molecule has 0 fully saturated rings. The third kappa shape index (κ3) is 4.67. The fourth-order valence-corrected chi connectivity index (χ4v) is 2.48. The number of carbonyl (C=O) groups is 2. The minimum atomic E-state index is -0.546. The van der Waals surface area contributed by atoms with E-state index < -0.39 is 17.6 Å². The predicted octanol–water partition coefficient (Wildman–Crippen LogP) is 1.79. The van der Waals surface area contributed by atoms with Crippen molar-refractivity contribution in [2.75, 3.05) is 26.1 Å². The summed E-state index contributed by atoms with van der Waals surface area (Å²) >= 11 is 0. The van der Waals surface area contributed by atoms with E-state index in [0.717, 1.165) is 0 Å². The Morgan fingerprint density at radius 3 is 2.66 bits per heavy atom. The van der Waals surface area contributed by atoms with Gasteiger partial charge in [-0.25, -0.2) is 14.1 Å². The van der Waals surface area contributed by atoms with E-state index >= 15 is 0 Å². The Morgan fingerprint density at radius 1 is 1.14 bits per heavy atom. The molecule has 0 bridgehead atoms. The number of pyridine rings is 1. The summed E-state index contributed by atoms with van der Waals surface area (Å²) in [5.41, 5.74) is 0.311. The van der Waals surface area contributed by atoms with Gasteiger partial charge in [-0.1, -0.05) is 0 Å². The van der Waals surface area contributed by atoms with Gasteiger partial charge >= 0.3 is 0 Å². The van der Waals surface area contributed by atoms with Crippen LogP contribution in [0.3, 0.4) is 0 Å². The van der Waals surface area contributed by atoms with E-state index in [-0.39, 0.29) is 18.2 Å². The molecule has 9 nitrogen and oxygen atoms in total. The van der Waals surface area contributed by atoms with Gasteiger partial charge in [0.05, 0.1) is 20.8 Å². The van der Waals surface area contributed by atoms with Gasteiger partial charge in [-0.3, -0.25) is 9.59 Å². The highest BCUT2D eigenvalue weighted by Crippen LogP contribution is 2.27. The molecule has 3 rings (SSSR count). The summed E-state index contributed by atoms with van der Waals surface area (Å²) in [5.74, 6) is -0.405. The topological polar surface area (TPSA) is 107 Å². The van der Waals surface area contributed by atoms with Crippen molar-refractivity contribution in [1.29, 1.82) is 0 Å². The van der Waals surface area contributed by atoms with E-state index in [1.54, 1.807) is 12.1 Å². The first-order chi connectivity index (χ1) is 14.0. The normalized spacial score (nSPS) is 10.3. The van der Waals surface area contributed by atoms with Crippen molar-refractivity contribution < 1.29 is 23.5 Å². The third-order valence-corrected chi connectivity index (χ3v) is 3.87. The quantitative estimate of drug-likeness (QED) is 0.627. The van der Waals surface area contributed by atoms with Gasteiger partial charge in [-0.2, -0.15) is 0 Å². The van der Waals surface area contributed by atoms with E-state index in [1.165, 1.54) is 55.6 Å². The molecule has 0 unspecified atom stereocenters. The zero-order chi connectivity index (χ0) is 20.8. The summed E-state index contributed by atoms with van der Waals surface area (Å²) in [6.07, 6.45) is 2.89. The van der Waals surface area contributed by atoms with Crippen LogP contribution in [0.25, 0.3) is 5.82 Å². The molecule has 29 heavy (non-hydrogen) atoms.